The lowest BCUT2D eigenvalue weighted by atomic mass is 10.2. The number of benzene rings is 1. The molecule has 0 radical (unpaired) electrons. The van der Waals surface area contributed by atoms with E-state index in [0.717, 1.165) is 29.5 Å². The van der Waals surface area contributed by atoms with Gasteiger partial charge in [0.1, 0.15) is 16.7 Å². The van der Waals surface area contributed by atoms with Crippen molar-refractivity contribution < 1.29 is 14.3 Å². The first-order valence-corrected chi connectivity index (χ1v) is 9.83. The normalized spacial score (nSPS) is 21.8. The summed E-state index contributed by atoms with van der Waals surface area (Å²) in [7, 11) is 0. The standard InChI is InChI=1S/C18H16BrNO3S2/c1-2-7-23-15-6-5-13(19)9-12(15)10-16-17(21)20(18(24)25-16)11-14-4-3-8-22-14/h1,5-6,9-10,14H,3-4,7-8,11H2/b16-10-/t14-/m0/s1. The van der Waals surface area contributed by atoms with E-state index < -0.39 is 0 Å². The summed E-state index contributed by atoms with van der Waals surface area (Å²) in [6, 6.07) is 5.57. The fourth-order valence-electron chi connectivity index (χ4n) is 2.67. The second-order valence-electron chi connectivity index (χ2n) is 5.60. The Hall–Kier alpha value is -1.33. The Balaban J connectivity index is 1.81. The number of carbonyl (C=O) groups excluding carboxylic acids is 1. The molecule has 130 valence electrons. The van der Waals surface area contributed by atoms with Crippen LogP contribution in [-0.4, -0.2) is 41.0 Å². The monoisotopic (exact) mass is 437 g/mol. The maximum Gasteiger partial charge on any atom is 0.266 e. The number of hydrogen-bond donors (Lipinski definition) is 0. The number of thioether (sulfide) groups is 1. The number of rotatable bonds is 5. The van der Waals surface area contributed by atoms with Crippen molar-refractivity contribution >= 4 is 56.2 Å². The largest absolute Gasteiger partial charge is 0.480 e. The van der Waals surface area contributed by atoms with Crippen LogP contribution in [0.25, 0.3) is 6.08 Å². The molecule has 2 heterocycles. The minimum atomic E-state index is -0.0895. The van der Waals surface area contributed by atoms with Crippen molar-refractivity contribution in [1.29, 1.82) is 0 Å². The lowest BCUT2D eigenvalue weighted by Crippen LogP contribution is -2.35. The molecule has 0 spiro atoms. The SMILES string of the molecule is C#CCOc1ccc(Br)cc1/C=C1\SC(=S)N(C[C@@H]2CCCO2)C1=O. The van der Waals surface area contributed by atoms with Crippen LogP contribution in [-0.2, 0) is 9.53 Å². The fraction of sp³-hybridized carbons (Fsp3) is 0.333. The Morgan fingerprint density at radius 3 is 3.12 bits per heavy atom. The first-order valence-electron chi connectivity index (χ1n) is 7.81. The van der Waals surface area contributed by atoms with Crippen molar-refractivity contribution in [3.05, 3.63) is 33.1 Å². The Kier molecular flexibility index (Phi) is 6.18. The van der Waals surface area contributed by atoms with Crippen molar-refractivity contribution in [3.63, 3.8) is 0 Å². The zero-order valence-corrected chi connectivity index (χ0v) is 16.6. The third-order valence-corrected chi connectivity index (χ3v) is 5.72. The van der Waals surface area contributed by atoms with Gasteiger partial charge in [-0.05, 0) is 37.1 Å². The molecule has 0 aromatic heterocycles. The molecule has 0 unspecified atom stereocenters. The maximum absolute atomic E-state index is 12.7. The summed E-state index contributed by atoms with van der Waals surface area (Å²) in [5.74, 6) is 2.99. The number of amides is 1. The molecule has 1 amide bonds. The molecular weight excluding hydrogens is 422 g/mol. The Bertz CT molecular complexity index is 766. The van der Waals surface area contributed by atoms with Crippen molar-refractivity contribution in [3.8, 4) is 18.1 Å². The maximum atomic E-state index is 12.7. The van der Waals surface area contributed by atoms with Crippen molar-refractivity contribution in [2.24, 2.45) is 0 Å². The van der Waals surface area contributed by atoms with Gasteiger partial charge in [0, 0.05) is 16.6 Å². The number of nitrogens with zero attached hydrogens (tertiary/aromatic N) is 1. The molecule has 1 atom stereocenters. The van der Waals surface area contributed by atoms with E-state index in [1.807, 2.05) is 18.2 Å². The first kappa shape index (κ1) is 18.5. The predicted molar refractivity (Wildman–Crippen MR) is 107 cm³/mol. The van der Waals surface area contributed by atoms with Crippen LogP contribution < -0.4 is 4.74 Å². The van der Waals surface area contributed by atoms with Crippen LogP contribution in [0.4, 0.5) is 0 Å². The minimum absolute atomic E-state index is 0.0715. The van der Waals surface area contributed by atoms with Gasteiger partial charge in [-0.25, -0.2) is 0 Å². The predicted octanol–water partition coefficient (Wildman–Crippen LogP) is 3.84. The van der Waals surface area contributed by atoms with Crippen LogP contribution in [0.5, 0.6) is 5.75 Å². The lowest BCUT2D eigenvalue weighted by molar-refractivity contribution is -0.123. The molecule has 7 heteroatoms. The van der Waals surface area contributed by atoms with Gasteiger partial charge < -0.3 is 9.47 Å². The molecular formula is C18H16BrNO3S2. The van der Waals surface area contributed by atoms with E-state index in [2.05, 4.69) is 21.9 Å². The third-order valence-electron chi connectivity index (χ3n) is 3.85. The average Bonchev–Trinajstić information content (AvgIpc) is 3.19. The number of terminal acetylenes is 1. The van der Waals surface area contributed by atoms with Crippen molar-refractivity contribution in [2.75, 3.05) is 19.8 Å². The molecule has 2 saturated heterocycles. The summed E-state index contributed by atoms with van der Waals surface area (Å²) in [4.78, 5) is 14.9. The van der Waals surface area contributed by atoms with E-state index >= 15 is 0 Å². The lowest BCUT2D eigenvalue weighted by Gasteiger charge is -2.18. The molecule has 2 fully saturated rings. The van der Waals surface area contributed by atoms with Crippen LogP contribution in [0.2, 0.25) is 0 Å². The van der Waals surface area contributed by atoms with E-state index in [-0.39, 0.29) is 18.6 Å². The highest BCUT2D eigenvalue weighted by Gasteiger charge is 2.34. The van der Waals surface area contributed by atoms with Crippen LogP contribution >= 0.6 is 39.9 Å². The summed E-state index contributed by atoms with van der Waals surface area (Å²) in [5.41, 5.74) is 0.780. The molecule has 1 aromatic rings. The van der Waals surface area contributed by atoms with Crippen molar-refractivity contribution in [2.45, 2.75) is 18.9 Å². The van der Waals surface area contributed by atoms with Crippen LogP contribution in [0.1, 0.15) is 18.4 Å². The fourth-order valence-corrected chi connectivity index (χ4v) is 4.32. The number of ether oxygens (including phenoxy) is 2. The van der Waals surface area contributed by atoms with Gasteiger partial charge in [-0.3, -0.25) is 9.69 Å². The van der Waals surface area contributed by atoms with Crippen LogP contribution in [0.3, 0.4) is 0 Å². The Morgan fingerprint density at radius 2 is 2.40 bits per heavy atom. The molecule has 0 saturated carbocycles. The number of carbonyl (C=O) groups is 1. The highest BCUT2D eigenvalue weighted by molar-refractivity contribution is 9.10. The molecule has 3 rings (SSSR count). The van der Waals surface area contributed by atoms with Gasteiger partial charge in [0.25, 0.3) is 5.91 Å². The summed E-state index contributed by atoms with van der Waals surface area (Å²) in [6.07, 6.45) is 9.13. The highest BCUT2D eigenvalue weighted by atomic mass is 79.9. The molecule has 0 N–H and O–H groups in total. The summed E-state index contributed by atoms with van der Waals surface area (Å²) < 4.78 is 12.6. The smallest absolute Gasteiger partial charge is 0.266 e. The zero-order valence-electron chi connectivity index (χ0n) is 13.4. The number of thiocarbonyl (C=S) groups is 1. The topological polar surface area (TPSA) is 38.8 Å². The van der Waals surface area contributed by atoms with Gasteiger partial charge in [-0.1, -0.05) is 45.8 Å². The Morgan fingerprint density at radius 1 is 1.56 bits per heavy atom. The number of hydrogen-bond acceptors (Lipinski definition) is 5. The van der Waals surface area contributed by atoms with E-state index in [1.54, 1.807) is 11.0 Å². The molecule has 1 aromatic carbocycles. The van der Waals surface area contributed by atoms with Gasteiger partial charge in [-0.15, -0.1) is 6.42 Å². The highest BCUT2D eigenvalue weighted by Crippen LogP contribution is 2.35. The molecule has 2 aliphatic rings. The van der Waals surface area contributed by atoms with E-state index in [1.165, 1.54) is 11.8 Å². The average molecular weight is 438 g/mol. The second-order valence-corrected chi connectivity index (χ2v) is 8.19. The summed E-state index contributed by atoms with van der Waals surface area (Å²) >= 11 is 10.1. The quantitative estimate of drug-likeness (QED) is 0.397. The number of halogens is 1. The molecule has 25 heavy (non-hydrogen) atoms. The molecule has 2 aliphatic heterocycles. The van der Waals surface area contributed by atoms with Gasteiger partial charge in [0.15, 0.2) is 0 Å². The molecule has 4 nitrogen and oxygen atoms in total. The second kappa shape index (κ2) is 8.37. The van der Waals surface area contributed by atoms with Crippen LogP contribution in [0, 0.1) is 12.3 Å². The first-order chi connectivity index (χ1) is 12.1. The van der Waals surface area contributed by atoms with Gasteiger partial charge >= 0.3 is 0 Å². The van der Waals surface area contributed by atoms with Crippen LogP contribution in [0.15, 0.2) is 27.6 Å². The van der Waals surface area contributed by atoms with Gasteiger partial charge in [0.05, 0.1) is 17.6 Å². The van der Waals surface area contributed by atoms with E-state index in [9.17, 15) is 4.79 Å². The van der Waals surface area contributed by atoms with Gasteiger partial charge in [-0.2, -0.15) is 0 Å². The third kappa shape index (κ3) is 4.45. The van der Waals surface area contributed by atoms with E-state index in [4.69, 9.17) is 28.1 Å². The zero-order chi connectivity index (χ0) is 17.8. The summed E-state index contributed by atoms with van der Waals surface area (Å²) in [6.45, 7) is 1.44. The summed E-state index contributed by atoms with van der Waals surface area (Å²) in [5, 5.41) is 0. The van der Waals surface area contributed by atoms with Gasteiger partial charge in [0.2, 0.25) is 0 Å². The minimum Gasteiger partial charge on any atom is -0.480 e. The molecule has 0 aliphatic carbocycles. The molecule has 0 bridgehead atoms. The van der Waals surface area contributed by atoms with E-state index in [0.29, 0.717) is 21.5 Å². The van der Waals surface area contributed by atoms with Crippen molar-refractivity contribution in [1.82, 2.24) is 4.90 Å². The Labute approximate surface area is 165 Å².